The largest absolute Gasteiger partial charge is 0.478 e. The van der Waals surface area contributed by atoms with Gasteiger partial charge in [0.15, 0.2) is 0 Å². The Kier molecular flexibility index (Phi) is 4.88. The number of carbonyl (C=O) groups is 3. The Balaban J connectivity index is 2.35. The summed E-state index contributed by atoms with van der Waals surface area (Å²) < 4.78 is 5.02. The van der Waals surface area contributed by atoms with E-state index in [9.17, 15) is 14.4 Å². The van der Waals surface area contributed by atoms with Crippen LogP contribution < -0.4 is 4.74 Å². The molecule has 0 heterocycles. The second kappa shape index (κ2) is 6.68. The van der Waals surface area contributed by atoms with E-state index < -0.39 is 29.0 Å². The molecule has 0 atom stereocenters. The maximum absolute atomic E-state index is 12.1. The lowest BCUT2D eigenvalue weighted by Gasteiger charge is -2.08. The van der Waals surface area contributed by atoms with Crippen molar-refractivity contribution >= 4 is 41.1 Å². The van der Waals surface area contributed by atoms with Crippen molar-refractivity contribution in [3.63, 3.8) is 0 Å². The maximum atomic E-state index is 12.1. The van der Waals surface area contributed by atoms with Crippen molar-refractivity contribution < 1.29 is 29.3 Å². The highest BCUT2D eigenvalue weighted by Gasteiger charge is 2.19. The first-order valence-electron chi connectivity index (χ1n) is 6.08. The van der Waals surface area contributed by atoms with Crippen LogP contribution in [0.2, 0.25) is 10.0 Å². The van der Waals surface area contributed by atoms with Gasteiger partial charge in [-0.05, 0) is 30.3 Å². The van der Waals surface area contributed by atoms with Gasteiger partial charge in [-0.1, -0.05) is 29.3 Å². The third kappa shape index (κ3) is 3.61. The zero-order chi connectivity index (χ0) is 17.1. The molecule has 0 radical (unpaired) electrons. The molecule has 0 amide bonds. The minimum Gasteiger partial charge on any atom is -0.478 e. The van der Waals surface area contributed by atoms with Gasteiger partial charge in [0.1, 0.15) is 5.75 Å². The molecular formula is C15H8Cl2O6. The first kappa shape index (κ1) is 16.8. The zero-order valence-electron chi connectivity index (χ0n) is 11.2. The number of carboxylic acid groups (broad SMARTS) is 2. The molecule has 2 rings (SSSR count). The minimum absolute atomic E-state index is 0.000203. The molecule has 0 fully saturated rings. The Bertz CT molecular complexity index is 816. The fraction of sp³-hybridized carbons (Fsp3) is 0. The summed E-state index contributed by atoms with van der Waals surface area (Å²) in [6.45, 7) is 0. The molecule has 0 aliphatic rings. The van der Waals surface area contributed by atoms with Crippen LogP contribution in [-0.2, 0) is 0 Å². The summed E-state index contributed by atoms with van der Waals surface area (Å²) in [5, 5.41) is 18.1. The molecule has 6 nitrogen and oxygen atoms in total. The van der Waals surface area contributed by atoms with E-state index in [0.717, 1.165) is 12.1 Å². The predicted octanol–water partition coefficient (Wildman–Crippen LogP) is 3.61. The summed E-state index contributed by atoms with van der Waals surface area (Å²) in [5.41, 5.74) is -0.920. The number of ether oxygens (including phenoxy) is 1. The van der Waals surface area contributed by atoms with Gasteiger partial charge in [-0.25, -0.2) is 14.4 Å². The summed E-state index contributed by atoms with van der Waals surface area (Å²) in [4.78, 5) is 34.1. The van der Waals surface area contributed by atoms with Crippen LogP contribution in [0.3, 0.4) is 0 Å². The minimum atomic E-state index is -1.46. The van der Waals surface area contributed by atoms with Crippen LogP contribution in [-0.4, -0.2) is 28.1 Å². The normalized spacial score (nSPS) is 10.2. The lowest BCUT2D eigenvalue weighted by atomic mass is 10.1. The third-order valence-corrected chi connectivity index (χ3v) is 3.65. The number of rotatable bonds is 4. The molecule has 0 saturated heterocycles. The standard InChI is InChI=1S/C15H8Cl2O6/c16-11-3-1-2-9(12(11)17)15(22)23-7-4-5-8(13(18)19)10(6-7)14(20)21/h1-6H,(H,18,19)(H,20,21). The van der Waals surface area contributed by atoms with E-state index in [1.54, 1.807) is 0 Å². The van der Waals surface area contributed by atoms with Crippen LogP contribution in [0.25, 0.3) is 0 Å². The smallest absolute Gasteiger partial charge is 0.345 e. The number of aromatic carboxylic acids is 2. The van der Waals surface area contributed by atoms with E-state index in [-0.39, 0.29) is 21.4 Å². The molecule has 0 spiro atoms. The van der Waals surface area contributed by atoms with Gasteiger partial charge in [-0.2, -0.15) is 0 Å². The van der Waals surface area contributed by atoms with Gasteiger partial charge >= 0.3 is 17.9 Å². The average Bonchev–Trinajstić information content (AvgIpc) is 2.49. The van der Waals surface area contributed by atoms with Crippen molar-refractivity contribution in [2.24, 2.45) is 0 Å². The summed E-state index contributed by atoms with van der Waals surface area (Å²) in [6, 6.07) is 7.54. The van der Waals surface area contributed by atoms with Crippen LogP contribution in [0, 0.1) is 0 Å². The van der Waals surface area contributed by atoms with Crippen LogP contribution >= 0.6 is 23.2 Å². The summed E-state index contributed by atoms with van der Waals surface area (Å²) >= 11 is 11.7. The van der Waals surface area contributed by atoms with Crippen molar-refractivity contribution in [3.8, 4) is 5.75 Å². The van der Waals surface area contributed by atoms with Crippen molar-refractivity contribution in [1.82, 2.24) is 0 Å². The van der Waals surface area contributed by atoms with Crippen LogP contribution in [0.4, 0.5) is 0 Å². The molecule has 2 aromatic rings. The van der Waals surface area contributed by atoms with Gasteiger partial charge in [0.05, 0.1) is 26.7 Å². The van der Waals surface area contributed by atoms with Gasteiger partial charge in [-0.3, -0.25) is 0 Å². The molecule has 0 aromatic heterocycles. The highest BCUT2D eigenvalue weighted by atomic mass is 35.5. The molecule has 0 aliphatic heterocycles. The van der Waals surface area contributed by atoms with Gasteiger partial charge in [-0.15, -0.1) is 0 Å². The molecule has 0 bridgehead atoms. The SMILES string of the molecule is O=C(O)c1ccc(OC(=O)c2cccc(Cl)c2Cl)cc1C(=O)O. The van der Waals surface area contributed by atoms with Crippen LogP contribution in [0.15, 0.2) is 36.4 Å². The number of benzene rings is 2. The summed E-state index contributed by atoms with van der Waals surface area (Å²) in [5.74, 6) is -3.84. The first-order valence-corrected chi connectivity index (χ1v) is 6.83. The van der Waals surface area contributed by atoms with E-state index in [1.165, 1.54) is 24.3 Å². The van der Waals surface area contributed by atoms with Gasteiger partial charge in [0.2, 0.25) is 0 Å². The lowest BCUT2D eigenvalue weighted by molar-refractivity contribution is 0.0650. The molecule has 118 valence electrons. The number of esters is 1. The number of halogens is 2. The quantitative estimate of drug-likeness (QED) is 0.642. The highest BCUT2D eigenvalue weighted by Crippen LogP contribution is 2.27. The summed E-state index contributed by atoms with van der Waals surface area (Å²) in [6.07, 6.45) is 0. The molecule has 0 unspecified atom stereocenters. The second-order valence-corrected chi connectivity index (χ2v) is 5.09. The van der Waals surface area contributed by atoms with E-state index in [2.05, 4.69) is 0 Å². The average molecular weight is 355 g/mol. The zero-order valence-corrected chi connectivity index (χ0v) is 12.8. The van der Waals surface area contributed by atoms with Crippen molar-refractivity contribution in [2.45, 2.75) is 0 Å². The Morgan fingerprint density at radius 1 is 0.870 bits per heavy atom. The van der Waals surface area contributed by atoms with Gasteiger partial charge in [0.25, 0.3) is 0 Å². The number of carboxylic acids is 2. The molecule has 0 saturated carbocycles. The third-order valence-electron chi connectivity index (χ3n) is 2.83. The van der Waals surface area contributed by atoms with E-state index in [0.29, 0.717) is 0 Å². The second-order valence-electron chi connectivity index (χ2n) is 4.31. The Morgan fingerprint density at radius 3 is 2.13 bits per heavy atom. The summed E-state index contributed by atoms with van der Waals surface area (Å²) in [7, 11) is 0. The highest BCUT2D eigenvalue weighted by molar-refractivity contribution is 6.43. The fourth-order valence-corrected chi connectivity index (χ4v) is 2.15. The molecule has 0 aliphatic carbocycles. The van der Waals surface area contributed by atoms with Crippen LogP contribution in [0.5, 0.6) is 5.75 Å². The number of hydrogen-bond acceptors (Lipinski definition) is 4. The maximum Gasteiger partial charge on any atom is 0.345 e. The Hall–Kier alpha value is -2.57. The molecule has 23 heavy (non-hydrogen) atoms. The Morgan fingerprint density at radius 2 is 1.52 bits per heavy atom. The first-order chi connectivity index (χ1) is 10.8. The Labute approximate surface area is 139 Å². The predicted molar refractivity (Wildman–Crippen MR) is 81.8 cm³/mol. The molecular weight excluding hydrogens is 347 g/mol. The lowest BCUT2D eigenvalue weighted by Crippen LogP contribution is -2.12. The van der Waals surface area contributed by atoms with Crippen LogP contribution in [0.1, 0.15) is 31.1 Å². The van der Waals surface area contributed by atoms with E-state index in [4.69, 9.17) is 38.2 Å². The fourth-order valence-electron chi connectivity index (χ4n) is 1.77. The van der Waals surface area contributed by atoms with E-state index >= 15 is 0 Å². The molecule has 2 N–H and O–H groups in total. The van der Waals surface area contributed by atoms with E-state index in [1.807, 2.05) is 0 Å². The van der Waals surface area contributed by atoms with Crippen molar-refractivity contribution in [1.29, 1.82) is 0 Å². The number of hydrogen-bond donors (Lipinski definition) is 2. The topological polar surface area (TPSA) is 101 Å². The number of carbonyl (C=O) groups excluding carboxylic acids is 1. The molecule has 8 heteroatoms. The van der Waals surface area contributed by atoms with Gasteiger partial charge < -0.3 is 14.9 Å². The monoisotopic (exact) mass is 354 g/mol. The van der Waals surface area contributed by atoms with Crippen molar-refractivity contribution in [3.05, 3.63) is 63.1 Å². The van der Waals surface area contributed by atoms with Crippen molar-refractivity contribution in [2.75, 3.05) is 0 Å². The van der Waals surface area contributed by atoms with Gasteiger partial charge in [0, 0.05) is 0 Å². The molecule has 2 aromatic carbocycles.